The van der Waals surface area contributed by atoms with Crippen LogP contribution >= 0.6 is 0 Å². The fourth-order valence-electron chi connectivity index (χ4n) is 2.65. The van der Waals surface area contributed by atoms with E-state index in [1.165, 1.54) is 16.7 Å². The first-order valence-corrected chi connectivity index (χ1v) is 8.36. The Morgan fingerprint density at radius 2 is 1.58 bits per heavy atom. The van der Waals surface area contributed by atoms with E-state index < -0.39 is 0 Å². The molecular weight excluding hydrogens is 294 g/mol. The Bertz CT molecular complexity index is 768. The standard InChI is InChI=1S/C22H23NO/c1-18-7-5-10-20(15-18)17-23-21-11-6-12-22(16-21)24-14-13-19-8-3-2-4-9-19/h2-12,15-16,23H,13-14,17H2,1H3. The Hall–Kier alpha value is -2.74. The van der Waals surface area contributed by atoms with Crippen LogP contribution in [0.1, 0.15) is 16.7 Å². The fourth-order valence-corrected chi connectivity index (χ4v) is 2.65. The lowest BCUT2D eigenvalue weighted by Gasteiger charge is -2.10. The molecular formula is C22H23NO. The maximum Gasteiger partial charge on any atom is 0.121 e. The van der Waals surface area contributed by atoms with Crippen LogP contribution in [0, 0.1) is 6.92 Å². The molecule has 3 aromatic rings. The van der Waals surface area contributed by atoms with E-state index in [0.717, 1.165) is 24.4 Å². The third-order valence-electron chi connectivity index (χ3n) is 3.92. The molecule has 0 aliphatic heterocycles. The van der Waals surface area contributed by atoms with Crippen LogP contribution in [0.5, 0.6) is 5.75 Å². The molecule has 0 radical (unpaired) electrons. The SMILES string of the molecule is Cc1cccc(CNc2cccc(OCCc3ccccc3)c2)c1. The van der Waals surface area contributed by atoms with Gasteiger partial charge in [0.2, 0.25) is 0 Å². The average Bonchev–Trinajstić information content (AvgIpc) is 2.61. The van der Waals surface area contributed by atoms with Crippen molar-refractivity contribution in [2.24, 2.45) is 0 Å². The first-order valence-electron chi connectivity index (χ1n) is 8.36. The molecule has 2 nitrogen and oxygen atoms in total. The Kier molecular flexibility index (Phi) is 5.52. The minimum absolute atomic E-state index is 0.686. The number of ether oxygens (including phenoxy) is 1. The third kappa shape index (κ3) is 4.88. The summed E-state index contributed by atoms with van der Waals surface area (Å²) in [6.07, 6.45) is 0.918. The number of hydrogen-bond acceptors (Lipinski definition) is 2. The summed E-state index contributed by atoms with van der Waals surface area (Å²) < 4.78 is 5.88. The van der Waals surface area contributed by atoms with Crippen molar-refractivity contribution < 1.29 is 4.74 Å². The lowest BCUT2D eigenvalue weighted by molar-refractivity contribution is 0.322. The predicted octanol–water partition coefficient (Wildman–Crippen LogP) is 5.23. The van der Waals surface area contributed by atoms with Gasteiger partial charge >= 0.3 is 0 Å². The Balaban J connectivity index is 1.52. The van der Waals surface area contributed by atoms with Crippen LogP contribution < -0.4 is 10.1 Å². The highest BCUT2D eigenvalue weighted by molar-refractivity contribution is 5.48. The monoisotopic (exact) mass is 317 g/mol. The average molecular weight is 317 g/mol. The van der Waals surface area contributed by atoms with Crippen molar-refractivity contribution in [3.8, 4) is 5.75 Å². The molecule has 0 saturated carbocycles. The zero-order chi connectivity index (χ0) is 16.6. The maximum atomic E-state index is 5.88. The molecule has 0 saturated heterocycles. The number of hydrogen-bond donors (Lipinski definition) is 1. The Morgan fingerprint density at radius 1 is 0.792 bits per heavy atom. The van der Waals surface area contributed by atoms with Gasteiger partial charge in [0.1, 0.15) is 5.75 Å². The number of nitrogens with one attached hydrogen (secondary N) is 1. The number of anilines is 1. The maximum absolute atomic E-state index is 5.88. The van der Waals surface area contributed by atoms with Gasteiger partial charge in [-0.1, -0.05) is 66.2 Å². The molecule has 0 bridgehead atoms. The van der Waals surface area contributed by atoms with Crippen LogP contribution in [0.3, 0.4) is 0 Å². The van der Waals surface area contributed by atoms with Crippen LogP contribution in [-0.4, -0.2) is 6.61 Å². The van der Waals surface area contributed by atoms with Gasteiger partial charge in [-0.3, -0.25) is 0 Å². The summed E-state index contributed by atoms with van der Waals surface area (Å²) in [4.78, 5) is 0. The fraction of sp³-hybridized carbons (Fsp3) is 0.182. The lowest BCUT2D eigenvalue weighted by atomic mass is 10.1. The third-order valence-corrected chi connectivity index (χ3v) is 3.92. The molecule has 1 N–H and O–H groups in total. The molecule has 122 valence electrons. The van der Waals surface area contributed by atoms with Crippen LogP contribution in [0.25, 0.3) is 0 Å². The molecule has 3 aromatic carbocycles. The van der Waals surface area contributed by atoms with E-state index >= 15 is 0 Å². The van der Waals surface area contributed by atoms with Crippen LogP contribution in [0.15, 0.2) is 78.9 Å². The topological polar surface area (TPSA) is 21.3 Å². The molecule has 0 amide bonds. The van der Waals surface area contributed by atoms with E-state index in [9.17, 15) is 0 Å². The first kappa shape index (κ1) is 16.1. The Labute approximate surface area is 144 Å². The summed E-state index contributed by atoms with van der Waals surface area (Å²) >= 11 is 0. The molecule has 0 unspecified atom stereocenters. The van der Waals surface area contributed by atoms with E-state index in [2.05, 4.69) is 72.9 Å². The van der Waals surface area contributed by atoms with Gasteiger partial charge < -0.3 is 10.1 Å². The summed E-state index contributed by atoms with van der Waals surface area (Å²) in [5, 5.41) is 3.46. The van der Waals surface area contributed by atoms with Gasteiger partial charge in [-0.25, -0.2) is 0 Å². The molecule has 2 heteroatoms. The predicted molar refractivity (Wildman–Crippen MR) is 101 cm³/mol. The van der Waals surface area contributed by atoms with Gasteiger partial charge in [0.25, 0.3) is 0 Å². The highest BCUT2D eigenvalue weighted by atomic mass is 16.5. The highest BCUT2D eigenvalue weighted by Crippen LogP contribution is 2.18. The number of aryl methyl sites for hydroxylation is 1. The molecule has 0 atom stereocenters. The summed E-state index contributed by atoms with van der Waals surface area (Å²) in [6, 6.07) is 27.1. The van der Waals surface area contributed by atoms with Crippen molar-refractivity contribution in [3.05, 3.63) is 95.6 Å². The Morgan fingerprint density at radius 3 is 2.42 bits per heavy atom. The zero-order valence-corrected chi connectivity index (χ0v) is 14.0. The van der Waals surface area contributed by atoms with Gasteiger partial charge in [-0.15, -0.1) is 0 Å². The molecule has 0 fully saturated rings. The molecule has 24 heavy (non-hydrogen) atoms. The first-order chi connectivity index (χ1) is 11.8. The summed E-state index contributed by atoms with van der Waals surface area (Å²) in [5.41, 5.74) is 4.94. The van der Waals surface area contributed by atoms with Crippen molar-refractivity contribution in [2.45, 2.75) is 19.9 Å². The van der Waals surface area contributed by atoms with Gasteiger partial charge in [0.15, 0.2) is 0 Å². The minimum atomic E-state index is 0.686. The van der Waals surface area contributed by atoms with Crippen molar-refractivity contribution >= 4 is 5.69 Å². The van der Waals surface area contributed by atoms with Crippen molar-refractivity contribution in [2.75, 3.05) is 11.9 Å². The smallest absolute Gasteiger partial charge is 0.121 e. The van der Waals surface area contributed by atoms with E-state index in [-0.39, 0.29) is 0 Å². The second kappa shape index (κ2) is 8.21. The lowest BCUT2D eigenvalue weighted by Crippen LogP contribution is -2.03. The minimum Gasteiger partial charge on any atom is -0.493 e. The second-order valence-electron chi connectivity index (χ2n) is 5.95. The van der Waals surface area contributed by atoms with Gasteiger partial charge in [0, 0.05) is 24.7 Å². The summed E-state index contributed by atoms with van der Waals surface area (Å²) in [5.74, 6) is 0.903. The normalized spacial score (nSPS) is 10.4. The van der Waals surface area contributed by atoms with E-state index in [0.29, 0.717) is 6.61 Å². The zero-order valence-electron chi connectivity index (χ0n) is 14.0. The largest absolute Gasteiger partial charge is 0.493 e. The molecule has 0 heterocycles. The molecule has 0 aliphatic carbocycles. The van der Waals surface area contributed by atoms with Crippen molar-refractivity contribution in [3.63, 3.8) is 0 Å². The molecule has 0 aromatic heterocycles. The molecule has 3 rings (SSSR count). The van der Waals surface area contributed by atoms with Crippen LogP contribution in [0.2, 0.25) is 0 Å². The summed E-state index contributed by atoms with van der Waals surface area (Å²) in [7, 11) is 0. The molecule has 0 spiro atoms. The van der Waals surface area contributed by atoms with Gasteiger partial charge in [-0.05, 0) is 30.2 Å². The van der Waals surface area contributed by atoms with E-state index in [4.69, 9.17) is 4.74 Å². The number of benzene rings is 3. The van der Waals surface area contributed by atoms with Crippen LogP contribution in [0.4, 0.5) is 5.69 Å². The van der Waals surface area contributed by atoms with Gasteiger partial charge in [0.05, 0.1) is 6.61 Å². The van der Waals surface area contributed by atoms with Crippen molar-refractivity contribution in [1.29, 1.82) is 0 Å². The quantitative estimate of drug-likeness (QED) is 0.644. The van der Waals surface area contributed by atoms with Crippen LogP contribution in [-0.2, 0) is 13.0 Å². The summed E-state index contributed by atoms with van der Waals surface area (Å²) in [6.45, 7) is 3.62. The van der Waals surface area contributed by atoms with Gasteiger partial charge in [-0.2, -0.15) is 0 Å². The van der Waals surface area contributed by atoms with E-state index in [1.807, 2.05) is 18.2 Å². The van der Waals surface area contributed by atoms with Crippen molar-refractivity contribution in [1.82, 2.24) is 0 Å². The molecule has 0 aliphatic rings. The van der Waals surface area contributed by atoms with E-state index in [1.54, 1.807) is 0 Å². The number of rotatable bonds is 7. The highest BCUT2D eigenvalue weighted by Gasteiger charge is 1.99. The second-order valence-corrected chi connectivity index (χ2v) is 5.95.